The zero-order valence-electron chi connectivity index (χ0n) is 28.0. The molecule has 0 radical (unpaired) electrons. The van der Waals surface area contributed by atoms with Crippen LogP contribution in [0.15, 0.2) is 30.3 Å². The van der Waals surface area contributed by atoms with Crippen LogP contribution in [0.1, 0.15) is 72.3 Å². The van der Waals surface area contributed by atoms with E-state index in [9.17, 15) is 33.6 Å². The summed E-state index contributed by atoms with van der Waals surface area (Å²) in [5, 5.41) is 13.2. The first kappa shape index (κ1) is 38.7. The Morgan fingerprint density at radius 3 is 2.26 bits per heavy atom. The molecule has 1 aromatic rings. The number of unbranched alkanes of at least 4 members (excludes halogenated alkanes) is 1. The maximum Gasteiger partial charge on any atom is 0.407 e. The Hall–Kier alpha value is -4.49. The molecule has 47 heavy (non-hydrogen) atoms. The highest BCUT2D eigenvalue weighted by Gasteiger charge is 2.40. The number of hydrogen-bond acceptors (Lipinski definition) is 8. The van der Waals surface area contributed by atoms with Crippen molar-refractivity contribution in [2.45, 2.75) is 97.5 Å². The van der Waals surface area contributed by atoms with Gasteiger partial charge in [0, 0.05) is 20.0 Å². The summed E-state index contributed by atoms with van der Waals surface area (Å²) >= 11 is 0. The third-order valence-electron chi connectivity index (χ3n) is 7.79. The molecule has 1 aromatic carbocycles. The van der Waals surface area contributed by atoms with Crippen LogP contribution in [0.3, 0.4) is 0 Å². The normalized spacial score (nSPS) is 16.1. The molecule has 0 spiro atoms. The second kappa shape index (κ2) is 19.9. The van der Waals surface area contributed by atoms with Crippen LogP contribution in [0.4, 0.5) is 4.79 Å². The quantitative estimate of drug-likeness (QED) is 0.115. The minimum Gasteiger partial charge on any atom is -0.445 e. The number of amides is 6. The number of rotatable bonds is 18. The molecule has 4 atom stereocenters. The molecule has 1 aliphatic heterocycles. The van der Waals surface area contributed by atoms with Gasteiger partial charge in [-0.05, 0) is 49.5 Å². The molecule has 1 saturated heterocycles. The van der Waals surface area contributed by atoms with Gasteiger partial charge in [-0.15, -0.1) is 0 Å². The average Bonchev–Trinajstić information content (AvgIpc) is 3.53. The maximum absolute atomic E-state index is 13.7. The molecule has 1 heterocycles. The van der Waals surface area contributed by atoms with Gasteiger partial charge in [0.2, 0.25) is 29.5 Å². The van der Waals surface area contributed by atoms with Gasteiger partial charge in [-0.3, -0.25) is 24.0 Å². The second-order valence-electron chi connectivity index (χ2n) is 12.3. The first-order valence-electron chi connectivity index (χ1n) is 16.2. The summed E-state index contributed by atoms with van der Waals surface area (Å²) in [7, 11) is 0. The maximum atomic E-state index is 13.7. The van der Waals surface area contributed by atoms with E-state index in [1.165, 1.54) is 11.8 Å². The van der Waals surface area contributed by atoms with E-state index in [1.54, 1.807) is 13.8 Å². The number of alkyl carbamates (subject to hydrolysis) is 1. The molecular weight excluding hydrogens is 608 g/mol. The van der Waals surface area contributed by atoms with Crippen LogP contribution in [0, 0.1) is 11.8 Å². The number of carbonyl (C=O) groups excluding carboxylic acids is 7. The summed E-state index contributed by atoms with van der Waals surface area (Å²) in [4.78, 5) is 89.1. The fourth-order valence-electron chi connectivity index (χ4n) is 5.02. The highest BCUT2D eigenvalue weighted by molar-refractivity contribution is 5.95. The van der Waals surface area contributed by atoms with Crippen molar-refractivity contribution < 1.29 is 38.3 Å². The van der Waals surface area contributed by atoms with Crippen molar-refractivity contribution in [2.24, 2.45) is 11.8 Å². The van der Waals surface area contributed by atoms with E-state index in [0.717, 1.165) is 5.56 Å². The minimum absolute atomic E-state index is 0.119. The van der Waals surface area contributed by atoms with Crippen molar-refractivity contribution in [3.05, 3.63) is 35.9 Å². The molecular formula is C33H50N6O8. The van der Waals surface area contributed by atoms with E-state index >= 15 is 0 Å². The van der Waals surface area contributed by atoms with Gasteiger partial charge in [0.15, 0.2) is 0 Å². The number of aldehydes is 1. The third-order valence-corrected chi connectivity index (χ3v) is 7.79. The number of benzene rings is 1. The van der Waals surface area contributed by atoms with E-state index in [1.807, 2.05) is 44.2 Å². The molecule has 14 nitrogen and oxygen atoms in total. The molecule has 0 aromatic heterocycles. The van der Waals surface area contributed by atoms with Crippen LogP contribution in [0.5, 0.6) is 0 Å². The summed E-state index contributed by atoms with van der Waals surface area (Å²) < 4.78 is 5.20. The number of carbonyl (C=O) groups is 7. The van der Waals surface area contributed by atoms with Gasteiger partial charge in [-0.1, -0.05) is 58.0 Å². The summed E-state index contributed by atoms with van der Waals surface area (Å²) in [6.45, 7) is 8.81. The molecule has 14 heteroatoms. The van der Waals surface area contributed by atoms with Crippen LogP contribution in [-0.2, 0) is 40.1 Å². The van der Waals surface area contributed by atoms with Crippen molar-refractivity contribution in [1.29, 1.82) is 0 Å². The highest BCUT2D eigenvalue weighted by atomic mass is 16.5. The largest absolute Gasteiger partial charge is 0.445 e. The molecule has 0 unspecified atom stereocenters. The summed E-state index contributed by atoms with van der Waals surface area (Å²) in [5.74, 6) is -2.90. The molecule has 0 aliphatic carbocycles. The van der Waals surface area contributed by atoms with Crippen molar-refractivity contribution in [3.8, 4) is 0 Å². The lowest BCUT2D eigenvalue weighted by molar-refractivity contribution is -0.143. The highest BCUT2D eigenvalue weighted by Crippen LogP contribution is 2.21. The predicted octanol–water partition coefficient (Wildman–Crippen LogP) is 1.18. The Balaban J connectivity index is 2.02. The molecule has 2 rings (SSSR count). The Bertz CT molecular complexity index is 1220. The first-order chi connectivity index (χ1) is 22.3. The Morgan fingerprint density at radius 2 is 1.64 bits per heavy atom. The number of hydrogen-bond donors (Lipinski definition) is 5. The fourth-order valence-corrected chi connectivity index (χ4v) is 5.02. The molecule has 1 aliphatic rings. The van der Waals surface area contributed by atoms with Crippen molar-refractivity contribution >= 4 is 41.9 Å². The monoisotopic (exact) mass is 658 g/mol. The molecule has 5 N–H and O–H groups in total. The van der Waals surface area contributed by atoms with Gasteiger partial charge in [-0.2, -0.15) is 0 Å². The van der Waals surface area contributed by atoms with Crippen LogP contribution >= 0.6 is 0 Å². The van der Waals surface area contributed by atoms with Gasteiger partial charge in [0.1, 0.15) is 31.0 Å². The predicted molar refractivity (Wildman–Crippen MR) is 173 cm³/mol. The average molecular weight is 659 g/mol. The van der Waals surface area contributed by atoms with E-state index in [4.69, 9.17) is 4.74 Å². The van der Waals surface area contributed by atoms with E-state index in [-0.39, 0.29) is 38.0 Å². The van der Waals surface area contributed by atoms with Crippen molar-refractivity contribution in [1.82, 2.24) is 31.5 Å². The zero-order valence-corrected chi connectivity index (χ0v) is 28.0. The Kier molecular flexibility index (Phi) is 16.4. The molecule has 6 amide bonds. The van der Waals surface area contributed by atoms with Gasteiger partial charge in [0.25, 0.3) is 0 Å². The van der Waals surface area contributed by atoms with Crippen LogP contribution in [0.2, 0.25) is 0 Å². The molecule has 0 saturated carbocycles. The van der Waals surface area contributed by atoms with Gasteiger partial charge in [-0.25, -0.2) is 4.79 Å². The van der Waals surface area contributed by atoms with Gasteiger partial charge in [0.05, 0.1) is 12.6 Å². The lowest BCUT2D eigenvalue weighted by Gasteiger charge is -2.32. The fraction of sp³-hybridized carbons (Fsp3) is 0.606. The smallest absolute Gasteiger partial charge is 0.407 e. The topological polar surface area (TPSA) is 192 Å². The number of nitrogens with zero attached hydrogens (tertiary/aromatic N) is 1. The Morgan fingerprint density at radius 1 is 0.936 bits per heavy atom. The summed E-state index contributed by atoms with van der Waals surface area (Å²) in [6, 6.07) is 5.76. The van der Waals surface area contributed by atoms with Crippen LogP contribution in [0.25, 0.3) is 0 Å². The minimum atomic E-state index is -1.03. The molecule has 0 bridgehead atoms. The van der Waals surface area contributed by atoms with Gasteiger partial charge >= 0.3 is 6.09 Å². The van der Waals surface area contributed by atoms with E-state index < -0.39 is 59.8 Å². The van der Waals surface area contributed by atoms with E-state index in [2.05, 4.69) is 26.6 Å². The third kappa shape index (κ3) is 13.4. The van der Waals surface area contributed by atoms with Crippen LogP contribution < -0.4 is 26.6 Å². The number of likely N-dealkylation sites (tertiary alicyclic amines) is 1. The molecule has 260 valence electrons. The first-order valence-corrected chi connectivity index (χ1v) is 16.2. The SMILES string of the molecule is CC(=O)NCC(=O)N[C@@H](CCCCNC(=O)OCc1ccccc1)C(=O)N[C@H](C(=O)N1CCC[C@H]1C(=O)N[C@H](C=O)C(C)C)C(C)C. The van der Waals surface area contributed by atoms with Crippen molar-refractivity contribution in [3.63, 3.8) is 0 Å². The number of ether oxygens (including phenoxy) is 1. The standard InChI is InChI=1S/C33H50N6O8/c1-21(2)26(19-40)37-31(44)27-15-11-17-39(27)32(45)29(22(3)4)38-30(43)25(36-28(42)18-35-23(5)41)14-9-10-16-34-33(46)47-20-24-12-7-6-8-13-24/h6-8,12-13,19,21-22,25-27,29H,9-11,14-18,20H2,1-5H3,(H,34,46)(H,35,41)(H,36,42)(H,37,44)(H,38,43)/t25-,26+,27-,29-/m0/s1. The summed E-state index contributed by atoms with van der Waals surface area (Å²) in [5.41, 5.74) is 0.853. The second-order valence-corrected chi connectivity index (χ2v) is 12.3. The lowest BCUT2D eigenvalue weighted by atomic mass is 10.0. The zero-order chi connectivity index (χ0) is 34.9. The van der Waals surface area contributed by atoms with Crippen molar-refractivity contribution in [2.75, 3.05) is 19.6 Å². The van der Waals surface area contributed by atoms with Crippen LogP contribution in [-0.4, -0.2) is 90.6 Å². The number of nitrogens with one attached hydrogen (secondary N) is 5. The molecule has 1 fully saturated rings. The van der Waals surface area contributed by atoms with E-state index in [0.29, 0.717) is 38.5 Å². The van der Waals surface area contributed by atoms with Gasteiger partial charge < -0.3 is 41.0 Å². The summed E-state index contributed by atoms with van der Waals surface area (Å²) in [6.07, 6.45) is 2.20. The Labute approximate surface area is 276 Å². The lowest BCUT2D eigenvalue weighted by Crippen LogP contribution is -2.59.